The SMILES string of the molecule is CC[C@H](C)N1C(=O)/C(=C\c2ccc(C)c([N+](=O)[O-])c2)SC1=Nc1ccc(C)cc1. The summed E-state index contributed by atoms with van der Waals surface area (Å²) < 4.78 is 0. The zero-order valence-corrected chi connectivity index (χ0v) is 17.7. The zero-order chi connectivity index (χ0) is 21.1. The van der Waals surface area contributed by atoms with E-state index >= 15 is 0 Å². The van der Waals surface area contributed by atoms with E-state index in [1.54, 1.807) is 30.0 Å². The van der Waals surface area contributed by atoms with Gasteiger partial charge in [0.05, 0.1) is 15.5 Å². The Morgan fingerprint density at radius 1 is 1.21 bits per heavy atom. The molecule has 1 atom stereocenters. The van der Waals surface area contributed by atoms with Gasteiger partial charge in [-0.2, -0.15) is 0 Å². The second-order valence-corrected chi connectivity index (χ2v) is 8.09. The standard InChI is InChI=1S/C22H23N3O3S/c1-5-16(4)24-21(26)20(13-17-9-8-15(3)19(12-17)25(27)28)29-22(24)23-18-10-6-14(2)7-11-18/h6-13,16H,5H2,1-4H3/b20-13+,23-22?/t16-/m0/s1. The summed E-state index contributed by atoms with van der Waals surface area (Å²) in [5, 5.41) is 11.8. The predicted octanol–water partition coefficient (Wildman–Crippen LogP) is 5.61. The van der Waals surface area contributed by atoms with Crippen molar-refractivity contribution in [3.8, 4) is 0 Å². The molecule has 0 bridgehead atoms. The van der Waals surface area contributed by atoms with Crippen molar-refractivity contribution in [3.05, 3.63) is 74.2 Å². The number of nitrogens with zero attached hydrogens (tertiary/aromatic N) is 3. The average Bonchev–Trinajstić information content (AvgIpc) is 2.99. The van der Waals surface area contributed by atoms with E-state index in [1.165, 1.54) is 17.8 Å². The summed E-state index contributed by atoms with van der Waals surface area (Å²) >= 11 is 1.30. The minimum absolute atomic E-state index is 0.00236. The fraction of sp³-hybridized carbons (Fsp3) is 0.273. The largest absolute Gasteiger partial charge is 0.284 e. The van der Waals surface area contributed by atoms with Crippen molar-refractivity contribution in [1.82, 2.24) is 4.90 Å². The molecule has 2 aromatic carbocycles. The maximum atomic E-state index is 13.1. The van der Waals surface area contributed by atoms with Crippen molar-refractivity contribution in [2.24, 2.45) is 4.99 Å². The van der Waals surface area contributed by atoms with Gasteiger partial charge in [-0.25, -0.2) is 4.99 Å². The van der Waals surface area contributed by atoms with E-state index in [2.05, 4.69) is 4.99 Å². The summed E-state index contributed by atoms with van der Waals surface area (Å²) in [6.07, 6.45) is 2.50. The first-order valence-corrected chi connectivity index (χ1v) is 10.2. The molecule has 150 valence electrons. The van der Waals surface area contributed by atoms with Crippen LogP contribution in [0.4, 0.5) is 11.4 Å². The van der Waals surface area contributed by atoms with Crippen LogP contribution in [0.3, 0.4) is 0 Å². The molecule has 1 aliphatic heterocycles. The maximum Gasteiger partial charge on any atom is 0.272 e. The van der Waals surface area contributed by atoms with E-state index in [1.807, 2.05) is 45.0 Å². The second-order valence-electron chi connectivity index (χ2n) is 7.08. The molecule has 1 heterocycles. The van der Waals surface area contributed by atoms with Gasteiger partial charge in [0.15, 0.2) is 5.17 Å². The fourth-order valence-electron chi connectivity index (χ4n) is 2.93. The van der Waals surface area contributed by atoms with Gasteiger partial charge >= 0.3 is 0 Å². The molecule has 1 saturated heterocycles. The monoisotopic (exact) mass is 409 g/mol. The summed E-state index contributed by atoms with van der Waals surface area (Å²) in [5.74, 6) is -0.126. The van der Waals surface area contributed by atoms with Crippen molar-refractivity contribution >= 4 is 40.3 Å². The molecule has 0 radical (unpaired) electrons. The molecule has 1 fully saturated rings. The molecule has 0 saturated carbocycles. The van der Waals surface area contributed by atoms with Crippen LogP contribution < -0.4 is 0 Å². The molecular formula is C22H23N3O3S. The molecule has 1 aliphatic rings. The van der Waals surface area contributed by atoms with Gasteiger partial charge in [0.25, 0.3) is 11.6 Å². The van der Waals surface area contributed by atoms with Crippen LogP contribution in [-0.4, -0.2) is 26.9 Å². The highest BCUT2D eigenvalue weighted by molar-refractivity contribution is 8.18. The van der Waals surface area contributed by atoms with Gasteiger partial charge in [-0.05, 0) is 62.7 Å². The average molecular weight is 410 g/mol. The first kappa shape index (κ1) is 20.8. The Balaban J connectivity index is 2.00. The van der Waals surface area contributed by atoms with Crippen LogP contribution >= 0.6 is 11.8 Å². The van der Waals surface area contributed by atoms with Crippen LogP contribution in [0.5, 0.6) is 0 Å². The minimum atomic E-state index is -0.406. The Morgan fingerprint density at radius 2 is 1.90 bits per heavy atom. The number of nitro benzene ring substituents is 1. The van der Waals surface area contributed by atoms with E-state index in [-0.39, 0.29) is 17.6 Å². The Morgan fingerprint density at radius 3 is 2.52 bits per heavy atom. The molecule has 0 aliphatic carbocycles. The van der Waals surface area contributed by atoms with Gasteiger partial charge in [0, 0.05) is 17.7 Å². The summed E-state index contributed by atoms with van der Waals surface area (Å²) in [7, 11) is 0. The zero-order valence-electron chi connectivity index (χ0n) is 16.9. The quantitative estimate of drug-likeness (QED) is 0.365. The van der Waals surface area contributed by atoms with Crippen LogP contribution in [0.2, 0.25) is 0 Å². The molecule has 0 N–H and O–H groups in total. The highest BCUT2D eigenvalue weighted by atomic mass is 32.2. The molecular weight excluding hydrogens is 386 g/mol. The van der Waals surface area contributed by atoms with Crippen molar-refractivity contribution < 1.29 is 9.72 Å². The Labute approximate surface area is 174 Å². The maximum absolute atomic E-state index is 13.1. The summed E-state index contributed by atoms with van der Waals surface area (Å²) in [4.78, 5) is 30.8. The Hall–Kier alpha value is -2.93. The number of hydrogen-bond donors (Lipinski definition) is 0. The van der Waals surface area contributed by atoms with E-state index < -0.39 is 4.92 Å². The molecule has 0 unspecified atom stereocenters. The number of aryl methyl sites for hydroxylation is 2. The van der Waals surface area contributed by atoms with Gasteiger partial charge < -0.3 is 0 Å². The molecule has 3 rings (SSSR count). The summed E-state index contributed by atoms with van der Waals surface area (Å²) in [5.41, 5.74) is 3.18. The van der Waals surface area contributed by atoms with Gasteiger partial charge in [0.2, 0.25) is 0 Å². The Bertz CT molecular complexity index is 1010. The van der Waals surface area contributed by atoms with E-state index in [4.69, 9.17) is 0 Å². The van der Waals surface area contributed by atoms with Crippen molar-refractivity contribution in [2.45, 2.75) is 40.2 Å². The van der Waals surface area contributed by atoms with Crippen molar-refractivity contribution in [1.29, 1.82) is 0 Å². The van der Waals surface area contributed by atoms with Crippen molar-refractivity contribution in [3.63, 3.8) is 0 Å². The molecule has 6 nitrogen and oxygen atoms in total. The summed E-state index contributed by atoms with van der Waals surface area (Å²) in [6.45, 7) is 7.72. The van der Waals surface area contributed by atoms with Crippen LogP contribution in [0.25, 0.3) is 6.08 Å². The lowest BCUT2D eigenvalue weighted by molar-refractivity contribution is -0.385. The lowest BCUT2D eigenvalue weighted by Crippen LogP contribution is -2.36. The van der Waals surface area contributed by atoms with E-state index in [9.17, 15) is 14.9 Å². The van der Waals surface area contributed by atoms with Gasteiger partial charge in [-0.15, -0.1) is 0 Å². The molecule has 0 spiro atoms. The van der Waals surface area contributed by atoms with E-state index in [0.29, 0.717) is 21.2 Å². The predicted molar refractivity (Wildman–Crippen MR) is 118 cm³/mol. The van der Waals surface area contributed by atoms with Crippen LogP contribution in [-0.2, 0) is 4.79 Å². The van der Waals surface area contributed by atoms with Crippen molar-refractivity contribution in [2.75, 3.05) is 0 Å². The first-order chi connectivity index (χ1) is 13.8. The molecule has 0 aromatic heterocycles. The number of aliphatic imine (C=N–C) groups is 1. The lowest BCUT2D eigenvalue weighted by atomic mass is 10.1. The number of rotatable bonds is 5. The number of nitro groups is 1. The molecule has 29 heavy (non-hydrogen) atoms. The van der Waals surface area contributed by atoms with Crippen LogP contribution in [0, 0.1) is 24.0 Å². The highest BCUT2D eigenvalue weighted by Gasteiger charge is 2.36. The third-order valence-electron chi connectivity index (χ3n) is 4.85. The fourth-order valence-corrected chi connectivity index (χ4v) is 4.02. The third kappa shape index (κ3) is 4.56. The molecule has 7 heteroatoms. The third-order valence-corrected chi connectivity index (χ3v) is 5.84. The molecule has 2 aromatic rings. The molecule has 1 amide bonds. The van der Waals surface area contributed by atoms with Gasteiger partial charge in [0.1, 0.15) is 0 Å². The normalized spacial score (nSPS) is 17.9. The van der Waals surface area contributed by atoms with Gasteiger partial charge in [-0.3, -0.25) is 19.8 Å². The highest BCUT2D eigenvalue weighted by Crippen LogP contribution is 2.36. The first-order valence-electron chi connectivity index (χ1n) is 9.43. The summed E-state index contributed by atoms with van der Waals surface area (Å²) in [6, 6.07) is 12.8. The number of amidine groups is 1. The lowest BCUT2D eigenvalue weighted by Gasteiger charge is -2.22. The smallest absolute Gasteiger partial charge is 0.272 e. The number of amides is 1. The number of hydrogen-bond acceptors (Lipinski definition) is 5. The number of thioether (sulfide) groups is 1. The van der Waals surface area contributed by atoms with Crippen LogP contribution in [0.15, 0.2) is 52.4 Å². The van der Waals surface area contributed by atoms with E-state index in [0.717, 1.165) is 17.7 Å². The second kappa shape index (κ2) is 8.61. The number of carbonyl (C=O) groups excluding carboxylic acids is 1. The minimum Gasteiger partial charge on any atom is -0.284 e. The Kier molecular flexibility index (Phi) is 6.17. The number of benzene rings is 2. The van der Waals surface area contributed by atoms with Crippen LogP contribution in [0.1, 0.15) is 37.0 Å². The number of carbonyl (C=O) groups is 1. The topological polar surface area (TPSA) is 75.8 Å². The van der Waals surface area contributed by atoms with Gasteiger partial charge in [-0.1, -0.05) is 36.8 Å².